The van der Waals surface area contributed by atoms with Gasteiger partial charge in [0.05, 0.1) is 0 Å². The van der Waals surface area contributed by atoms with E-state index in [1.54, 1.807) is 0 Å². The second kappa shape index (κ2) is 5.50. The van der Waals surface area contributed by atoms with E-state index in [-0.39, 0.29) is 0 Å². The molecular formula is C23H48. The highest BCUT2D eigenvalue weighted by atomic mass is 15.0. The standard InChI is InChI=1S/C16H30.C5H12.C2H6/c1-11(2)12(3,4)16(10)14(7,8)13(5,6)15(11,16)9;1-5(2,3)4;1-2/h1-10H3;1-4H3;1-2H3. The zero-order valence-corrected chi connectivity index (χ0v) is 19.5. The van der Waals surface area contributed by atoms with Crippen LogP contribution in [0.3, 0.4) is 0 Å². The highest BCUT2D eigenvalue weighted by molar-refractivity contribution is 5.39. The Kier molecular flexibility index (Phi) is 5.50. The Morgan fingerprint density at radius 1 is 0.391 bits per heavy atom. The first-order chi connectivity index (χ1) is 9.75. The van der Waals surface area contributed by atoms with Crippen LogP contribution in [0, 0.1) is 37.9 Å². The molecule has 2 fully saturated rings. The first-order valence-corrected chi connectivity index (χ1v) is 9.75. The summed E-state index contributed by atoms with van der Waals surface area (Å²) in [7, 11) is 0. The third-order valence-corrected chi connectivity index (χ3v) is 9.12. The Morgan fingerprint density at radius 2 is 0.478 bits per heavy atom. The first kappa shape index (κ1) is 23.0. The van der Waals surface area contributed by atoms with Crippen LogP contribution in [-0.2, 0) is 0 Å². The van der Waals surface area contributed by atoms with Gasteiger partial charge in [-0.3, -0.25) is 0 Å². The predicted molar refractivity (Wildman–Crippen MR) is 108 cm³/mol. The number of rotatable bonds is 0. The van der Waals surface area contributed by atoms with E-state index in [1.165, 1.54) is 0 Å². The zero-order valence-electron chi connectivity index (χ0n) is 19.5. The number of hydrogen-bond donors (Lipinski definition) is 0. The lowest BCUT2D eigenvalue weighted by molar-refractivity contribution is -0.490. The zero-order chi connectivity index (χ0) is 19.5. The summed E-state index contributed by atoms with van der Waals surface area (Å²) in [5.74, 6) is 0. The normalized spacial score (nSPS) is 37.6. The SMILES string of the molecule is CC.CC(C)(C)C.CC1(C)C(C)(C)C2(C)C(C)(C)C(C)(C)C12C. The van der Waals surface area contributed by atoms with Crippen LogP contribution < -0.4 is 0 Å². The Balaban J connectivity index is 0.000000594. The van der Waals surface area contributed by atoms with Crippen molar-refractivity contribution in [3.8, 4) is 0 Å². The van der Waals surface area contributed by atoms with Gasteiger partial charge in [0.25, 0.3) is 0 Å². The van der Waals surface area contributed by atoms with Crippen LogP contribution in [0.25, 0.3) is 0 Å². The van der Waals surface area contributed by atoms with Gasteiger partial charge in [0, 0.05) is 0 Å². The summed E-state index contributed by atoms with van der Waals surface area (Å²) in [6.07, 6.45) is 0. The molecule has 0 bridgehead atoms. The second-order valence-electron chi connectivity index (χ2n) is 11.8. The third-order valence-electron chi connectivity index (χ3n) is 9.12. The van der Waals surface area contributed by atoms with Gasteiger partial charge in [-0.25, -0.2) is 0 Å². The highest BCUT2D eigenvalue weighted by Crippen LogP contribution is 2.97. The Labute approximate surface area is 149 Å². The van der Waals surface area contributed by atoms with Gasteiger partial charge in [-0.05, 0) is 37.9 Å². The maximum atomic E-state index is 2.53. The van der Waals surface area contributed by atoms with E-state index in [2.05, 4.69) is 96.9 Å². The molecule has 0 atom stereocenters. The van der Waals surface area contributed by atoms with Crippen molar-refractivity contribution in [1.29, 1.82) is 0 Å². The topological polar surface area (TPSA) is 0 Å². The molecular weight excluding hydrogens is 276 g/mol. The molecule has 2 rings (SSSR count). The maximum absolute atomic E-state index is 2.53. The van der Waals surface area contributed by atoms with E-state index in [4.69, 9.17) is 0 Å². The van der Waals surface area contributed by atoms with Crippen molar-refractivity contribution in [3.05, 3.63) is 0 Å². The van der Waals surface area contributed by atoms with Gasteiger partial charge in [0.2, 0.25) is 0 Å². The summed E-state index contributed by atoms with van der Waals surface area (Å²) in [6.45, 7) is 37.6. The van der Waals surface area contributed by atoms with E-state index in [0.717, 1.165) is 0 Å². The molecule has 2 aliphatic rings. The Bertz CT molecular complexity index is 353. The average molecular weight is 325 g/mol. The minimum atomic E-state index is 0.424. The number of hydrogen-bond acceptors (Lipinski definition) is 0. The minimum Gasteiger partial charge on any atom is -0.0683 e. The molecule has 0 heterocycles. The molecule has 0 aromatic rings. The van der Waals surface area contributed by atoms with Crippen molar-refractivity contribution >= 4 is 0 Å². The molecule has 140 valence electrons. The molecule has 0 N–H and O–H groups in total. The molecule has 23 heavy (non-hydrogen) atoms. The van der Waals surface area contributed by atoms with Crippen molar-refractivity contribution in [1.82, 2.24) is 0 Å². The summed E-state index contributed by atoms with van der Waals surface area (Å²) in [5, 5.41) is 0. The molecule has 0 amide bonds. The summed E-state index contributed by atoms with van der Waals surface area (Å²) < 4.78 is 0. The molecule has 0 saturated heterocycles. The molecule has 0 spiro atoms. The molecule has 0 radical (unpaired) electrons. The van der Waals surface area contributed by atoms with Crippen molar-refractivity contribution in [3.63, 3.8) is 0 Å². The second-order valence-corrected chi connectivity index (χ2v) is 11.8. The fourth-order valence-corrected chi connectivity index (χ4v) is 6.44. The maximum Gasteiger partial charge on any atom is -0.0148 e. The van der Waals surface area contributed by atoms with Crippen LogP contribution in [0.5, 0.6) is 0 Å². The molecule has 0 aromatic heterocycles. The fraction of sp³-hybridized carbons (Fsp3) is 1.00. The lowest BCUT2D eigenvalue weighted by Crippen LogP contribution is -2.91. The van der Waals surface area contributed by atoms with Crippen LogP contribution in [0.1, 0.15) is 111 Å². The van der Waals surface area contributed by atoms with E-state index < -0.39 is 0 Å². The average Bonchev–Trinajstić information content (AvgIpc) is 2.35. The van der Waals surface area contributed by atoms with Crippen molar-refractivity contribution in [2.45, 2.75) is 111 Å². The lowest BCUT2D eigenvalue weighted by Gasteiger charge is -2.96. The Hall–Kier alpha value is 0. The van der Waals surface area contributed by atoms with Crippen LogP contribution in [0.4, 0.5) is 0 Å². The molecule has 0 heteroatoms. The quantitative estimate of drug-likeness (QED) is 0.421. The third kappa shape index (κ3) is 2.22. The van der Waals surface area contributed by atoms with Crippen molar-refractivity contribution in [2.75, 3.05) is 0 Å². The van der Waals surface area contributed by atoms with E-state index in [9.17, 15) is 0 Å². The number of fused-ring (bicyclic) bond motifs is 1. The fourth-order valence-electron chi connectivity index (χ4n) is 6.44. The molecule has 0 unspecified atom stereocenters. The molecule has 0 aliphatic heterocycles. The van der Waals surface area contributed by atoms with Gasteiger partial charge in [-0.1, -0.05) is 111 Å². The van der Waals surface area contributed by atoms with Crippen LogP contribution in [-0.4, -0.2) is 0 Å². The largest absolute Gasteiger partial charge is 0.0683 e. The monoisotopic (exact) mass is 324 g/mol. The predicted octanol–water partition coefficient (Wildman–Crippen LogP) is 8.21. The van der Waals surface area contributed by atoms with E-state index in [0.29, 0.717) is 37.9 Å². The van der Waals surface area contributed by atoms with Crippen molar-refractivity contribution < 1.29 is 0 Å². The minimum absolute atomic E-state index is 0.424. The van der Waals surface area contributed by atoms with Gasteiger partial charge >= 0.3 is 0 Å². The molecule has 0 aromatic carbocycles. The van der Waals surface area contributed by atoms with Gasteiger partial charge in [0.1, 0.15) is 0 Å². The smallest absolute Gasteiger partial charge is 0.0148 e. The van der Waals surface area contributed by atoms with Gasteiger partial charge in [-0.2, -0.15) is 0 Å². The summed E-state index contributed by atoms with van der Waals surface area (Å²) >= 11 is 0. The van der Waals surface area contributed by atoms with Crippen LogP contribution >= 0.6 is 0 Å². The first-order valence-electron chi connectivity index (χ1n) is 9.75. The van der Waals surface area contributed by atoms with Gasteiger partial charge in [0.15, 0.2) is 0 Å². The molecule has 0 nitrogen and oxygen atoms in total. The molecule has 2 saturated carbocycles. The summed E-state index contributed by atoms with van der Waals surface area (Å²) in [6, 6.07) is 0. The van der Waals surface area contributed by atoms with E-state index >= 15 is 0 Å². The van der Waals surface area contributed by atoms with Gasteiger partial charge in [-0.15, -0.1) is 0 Å². The van der Waals surface area contributed by atoms with E-state index in [1.807, 2.05) is 13.8 Å². The van der Waals surface area contributed by atoms with Crippen molar-refractivity contribution in [2.24, 2.45) is 37.9 Å². The highest BCUT2D eigenvalue weighted by Gasteiger charge is 2.92. The Morgan fingerprint density at radius 3 is 0.565 bits per heavy atom. The van der Waals surface area contributed by atoms with Crippen LogP contribution in [0.2, 0.25) is 0 Å². The molecule has 2 aliphatic carbocycles. The van der Waals surface area contributed by atoms with Gasteiger partial charge < -0.3 is 0 Å². The lowest BCUT2D eigenvalue weighted by atomic mass is 9.08. The summed E-state index contributed by atoms with van der Waals surface area (Å²) in [4.78, 5) is 0. The summed E-state index contributed by atoms with van der Waals surface area (Å²) in [5.41, 5.74) is 3.11. The van der Waals surface area contributed by atoms with Crippen LogP contribution in [0.15, 0.2) is 0 Å².